The lowest BCUT2D eigenvalue weighted by Crippen LogP contribution is -2.21. The van der Waals surface area contributed by atoms with Crippen molar-refractivity contribution in [3.63, 3.8) is 0 Å². The van der Waals surface area contributed by atoms with Gasteiger partial charge in [-0.3, -0.25) is 0 Å². The minimum absolute atomic E-state index is 0.142. The summed E-state index contributed by atoms with van der Waals surface area (Å²) in [6.45, 7) is 26.8. The van der Waals surface area contributed by atoms with Crippen LogP contribution in [0, 0.1) is 20.8 Å². The molecule has 0 radical (unpaired) electrons. The standard InChI is InChI=1S/C28H41N/c1-12-22(26-19(4)18(3)20(5)29-26)15-14-21-16-24(27(6,7)8)23(13-2)25(17-21)28(9,10)11/h16-17,29H,1,13-15H2,2-11H3. The first-order valence-electron chi connectivity index (χ1n) is 11.0. The van der Waals surface area contributed by atoms with E-state index in [1.54, 1.807) is 0 Å². The van der Waals surface area contributed by atoms with E-state index in [4.69, 9.17) is 0 Å². The molecule has 1 heterocycles. The van der Waals surface area contributed by atoms with Crippen LogP contribution in [0.1, 0.15) is 99.7 Å². The maximum absolute atomic E-state index is 3.99. The van der Waals surface area contributed by atoms with Crippen LogP contribution < -0.4 is 0 Å². The highest BCUT2D eigenvalue weighted by Crippen LogP contribution is 2.36. The topological polar surface area (TPSA) is 15.8 Å². The lowest BCUT2D eigenvalue weighted by molar-refractivity contribution is 0.554. The Bertz CT molecular complexity index is 897. The van der Waals surface area contributed by atoms with E-state index in [0.717, 1.165) is 19.3 Å². The van der Waals surface area contributed by atoms with Crippen LogP contribution >= 0.6 is 0 Å². The first-order valence-corrected chi connectivity index (χ1v) is 11.0. The van der Waals surface area contributed by atoms with Gasteiger partial charge in [0, 0.05) is 11.3 Å². The Morgan fingerprint density at radius 1 is 0.931 bits per heavy atom. The van der Waals surface area contributed by atoms with Crippen molar-refractivity contribution in [1.29, 1.82) is 0 Å². The Morgan fingerprint density at radius 2 is 1.45 bits per heavy atom. The minimum Gasteiger partial charge on any atom is -0.358 e. The summed E-state index contributed by atoms with van der Waals surface area (Å²) in [5.41, 5.74) is 15.7. The number of hydrogen-bond donors (Lipinski definition) is 1. The molecule has 1 aromatic heterocycles. The van der Waals surface area contributed by atoms with E-state index < -0.39 is 0 Å². The third kappa shape index (κ3) is 4.96. The number of rotatable bonds is 5. The molecule has 0 fully saturated rings. The van der Waals surface area contributed by atoms with Crippen molar-refractivity contribution in [2.24, 2.45) is 0 Å². The average molecular weight is 392 g/mol. The van der Waals surface area contributed by atoms with Gasteiger partial charge in [0.05, 0.1) is 5.69 Å². The molecular weight excluding hydrogens is 350 g/mol. The molecule has 1 aromatic carbocycles. The summed E-state index contributed by atoms with van der Waals surface area (Å²) >= 11 is 0. The third-order valence-electron chi connectivity index (χ3n) is 6.27. The average Bonchev–Trinajstić information content (AvgIpc) is 2.87. The van der Waals surface area contributed by atoms with Crippen molar-refractivity contribution in [2.45, 2.75) is 99.3 Å². The highest BCUT2D eigenvalue weighted by molar-refractivity contribution is 5.67. The molecule has 0 aliphatic carbocycles. The number of aromatic nitrogens is 1. The maximum atomic E-state index is 3.99. The normalized spacial score (nSPS) is 12.2. The molecule has 0 amide bonds. The number of aromatic amines is 1. The fourth-order valence-electron chi connectivity index (χ4n) is 4.31. The van der Waals surface area contributed by atoms with Crippen LogP contribution in [0.2, 0.25) is 0 Å². The summed E-state index contributed by atoms with van der Waals surface area (Å²) < 4.78 is 0. The highest BCUT2D eigenvalue weighted by atomic mass is 14.7. The van der Waals surface area contributed by atoms with Crippen molar-refractivity contribution in [3.05, 3.63) is 69.2 Å². The number of nitrogens with one attached hydrogen (secondary N) is 1. The SMILES string of the molecule is C=C=C(CCc1cc(C(C)(C)C)c(CC)c(C(C)(C)C)c1)c1[nH]c(C)c(C)c1C. The van der Waals surface area contributed by atoms with Gasteiger partial charge in [-0.25, -0.2) is 0 Å². The number of H-pyrrole nitrogens is 1. The highest BCUT2D eigenvalue weighted by Gasteiger charge is 2.25. The van der Waals surface area contributed by atoms with E-state index in [0.29, 0.717) is 0 Å². The first kappa shape index (κ1) is 23.3. The number of allylic oxidation sites excluding steroid dienone is 1. The molecule has 0 aliphatic rings. The van der Waals surface area contributed by atoms with Crippen molar-refractivity contribution < 1.29 is 0 Å². The smallest absolute Gasteiger partial charge is 0.0525 e. The van der Waals surface area contributed by atoms with Gasteiger partial charge in [0.25, 0.3) is 0 Å². The summed E-state index contributed by atoms with van der Waals surface area (Å²) in [5, 5.41) is 0. The molecule has 2 aromatic rings. The zero-order chi connectivity index (χ0) is 22.1. The Balaban J connectivity index is 2.47. The lowest BCUT2D eigenvalue weighted by atomic mass is 9.74. The van der Waals surface area contributed by atoms with Gasteiger partial charge in [0.15, 0.2) is 0 Å². The molecule has 0 atom stereocenters. The maximum Gasteiger partial charge on any atom is 0.0525 e. The summed E-state index contributed by atoms with van der Waals surface area (Å²) in [6.07, 6.45) is 3.03. The molecule has 0 aliphatic heterocycles. The Morgan fingerprint density at radius 3 is 1.79 bits per heavy atom. The van der Waals surface area contributed by atoms with E-state index >= 15 is 0 Å². The summed E-state index contributed by atoms with van der Waals surface area (Å²) in [7, 11) is 0. The molecular formula is C28H41N. The fourth-order valence-corrected chi connectivity index (χ4v) is 4.31. The molecule has 2 rings (SSSR count). The Hall–Kier alpha value is -1.98. The zero-order valence-corrected chi connectivity index (χ0v) is 20.5. The van der Waals surface area contributed by atoms with Crippen molar-refractivity contribution in [3.8, 4) is 0 Å². The molecule has 1 N–H and O–H groups in total. The summed E-state index contributed by atoms with van der Waals surface area (Å²) in [4.78, 5) is 3.55. The lowest BCUT2D eigenvalue weighted by Gasteiger charge is -2.31. The van der Waals surface area contributed by atoms with Gasteiger partial charge in [-0.2, -0.15) is 0 Å². The molecule has 0 spiro atoms. The molecule has 0 saturated carbocycles. The van der Waals surface area contributed by atoms with Crippen LogP contribution in [-0.4, -0.2) is 4.98 Å². The van der Waals surface area contributed by atoms with E-state index in [-0.39, 0.29) is 10.8 Å². The molecule has 29 heavy (non-hydrogen) atoms. The molecule has 0 saturated heterocycles. The Labute approximate surface area is 179 Å². The van der Waals surface area contributed by atoms with Gasteiger partial charge in [0.2, 0.25) is 0 Å². The fraction of sp³-hybridized carbons (Fsp3) is 0.536. The van der Waals surface area contributed by atoms with E-state index in [2.05, 4.69) is 98.7 Å². The van der Waals surface area contributed by atoms with Crippen LogP contribution in [0.25, 0.3) is 5.57 Å². The Kier molecular flexibility index (Phi) is 6.75. The first-order chi connectivity index (χ1) is 13.3. The van der Waals surface area contributed by atoms with Gasteiger partial charge >= 0.3 is 0 Å². The van der Waals surface area contributed by atoms with E-state index in [1.165, 1.54) is 50.3 Å². The van der Waals surface area contributed by atoms with Crippen molar-refractivity contribution >= 4 is 5.57 Å². The van der Waals surface area contributed by atoms with E-state index in [1.807, 2.05) is 0 Å². The number of benzene rings is 1. The quantitative estimate of drug-likeness (QED) is 0.499. The van der Waals surface area contributed by atoms with Crippen LogP contribution in [0.5, 0.6) is 0 Å². The monoisotopic (exact) mass is 391 g/mol. The second kappa shape index (κ2) is 8.41. The van der Waals surface area contributed by atoms with Gasteiger partial charge in [0.1, 0.15) is 0 Å². The minimum atomic E-state index is 0.142. The molecule has 1 heteroatoms. The molecule has 158 valence electrons. The predicted octanol–water partition coefficient (Wildman–Crippen LogP) is 7.90. The third-order valence-corrected chi connectivity index (χ3v) is 6.27. The largest absolute Gasteiger partial charge is 0.358 e. The zero-order valence-electron chi connectivity index (χ0n) is 20.5. The van der Waals surface area contributed by atoms with Gasteiger partial charge in [-0.1, -0.05) is 67.2 Å². The molecule has 0 unspecified atom stereocenters. The second-order valence-corrected chi connectivity index (χ2v) is 10.6. The van der Waals surface area contributed by atoms with Crippen LogP contribution in [0.3, 0.4) is 0 Å². The van der Waals surface area contributed by atoms with Gasteiger partial charge < -0.3 is 4.98 Å². The second-order valence-electron chi connectivity index (χ2n) is 10.6. The summed E-state index contributed by atoms with van der Waals surface area (Å²) in [6, 6.07) is 4.90. The molecule has 0 bridgehead atoms. The number of aryl methyl sites for hydroxylation is 2. The van der Waals surface area contributed by atoms with Gasteiger partial charge in [-0.05, 0) is 84.2 Å². The van der Waals surface area contributed by atoms with Crippen molar-refractivity contribution in [1.82, 2.24) is 4.98 Å². The van der Waals surface area contributed by atoms with Crippen LogP contribution in [0.4, 0.5) is 0 Å². The van der Waals surface area contributed by atoms with Crippen LogP contribution in [0.15, 0.2) is 24.4 Å². The predicted molar refractivity (Wildman–Crippen MR) is 129 cm³/mol. The van der Waals surface area contributed by atoms with E-state index in [9.17, 15) is 0 Å². The summed E-state index contributed by atoms with van der Waals surface area (Å²) in [5.74, 6) is 0. The number of hydrogen-bond acceptors (Lipinski definition) is 0. The van der Waals surface area contributed by atoms with Crippen molar-refractivity contribution in [2.75, 3.05) is 0 Å². The van der Waals surface area contributed by atoms with Crippen LogP contribution in [-0.2, 0) is 23.7 Å². The molecule has 1 nitrogen and oxygen atoms in total. The van der Waals surface area contributed by atoms with Gasteiger partial charge in [-0.15, -0.1) is 5.73 Å².